The summed E-state index contributed by atoms with van der Waals surface area (Å²) < 4.78 is 92.3. The molecule has 6 aromatic carbocycles. The molecular formula is C57H55FIrN4OSi-2. The van der Waals surface area contributed by atoms with Crippen LogP contribution in [-0.4, -0.2) is 27.6 Å². The molecule has 0 spiro atoms. The molecule has 5 nitrogen and oxygen atoms in total. The molecule has 0 atom stereocenters. The van der Waals surface area contributed by atoms with Crippen LogP contribution >= 0.6 is 0 Å². The fourth-order valence-corrected chi connectivity index (χ4v) is 9.65. The molecule has 2 aliphatic rings. The number of fused-ring (bicyclic) bond motifs is 7. The van der Waals surface area contributed by atoms with Gasteiger partial charge < -0.3 is 8.98 Å². The van der Waals surface area contributed by atoms with E-state index < -0.39 is 33.6 Å². The third-order valence-electron chi connectivity index (χ3n) is 12.2. The third kappa shape index (κ3) is 8.46. The SMILES string of the molecule is C[Si](C)(C)c1cnc(-c2[c-]cc(F)cc2)nc1.[2H]C1([2H])CCC([2H])([2H])c2cc3c(cc21)nc(-c1[c-]ccc2c1oc1c4c(ccc12)C([2H])([2H])CC4([2H])[2H])n3-c1c(C(C)C)cc(-c2ccccc2)cc1C(C)C.[Ir]. The van der Waals surface area contributed by atoms with E-state index in [9.17, 15) is 4.39 Å². The zero-order valence-electron chi connectivity index (χ0n) is 45.6. The number of benzene rings is 6. The minimum atomic E-state index is -1.95. The summed E-state index contributed by atoms with van der Waals surface area (Å²) in [6.45, 7) is 15.4. The molecule has 1 radical (unpaired) electrons. The molecule has 9 aromatic rings. The first-order valence-electron chi connectivity index (χ1n) is 26.1. The van der Waals surface area contributed by atoms with E-state index in [2.05, 4.69) is 98.3 Å². The Morgan fingerprint density at radius 3 is 2.06 bits per heavy atom. The van der Waals surface area contributed by atoms with E-state index in [4.69, 9.17) is 20.4 Å². The summed E-state index contributed by atoms with van der Waals surface area (Å²) in [7, 11) is -1.36. The average molecular weight is 1060 g/mol. The zero-order valence-corrected chi connectivity index (χ0v) is 41.0. The van der Waals surface area contributed by atoms with Gasteiger partial charge in [0, 0.05) is 60.4 Å². The van der Waals surface area contributed by atoms with Crippen LogP contribution in [-0.2, 0) is 45.6 Å². The maximum Gasteiger partial charge on any atom is 0.124 e. The smallest absolute Gasteiger partial charge is 0.124 e. The van der Waals surface area contributed by atoms with Gasteiger partial charge in [-0.2, -0.15) is 0 Å². The van der Waals surface area contributed by atoms with Crippen molar-refractivity contribution in [1.29, 1.82) is 0 Å². The predicted octanol–water partition coefficient (Wildman–Crippen LogP) is 14.3. The number of aromatic nitrogens is 4. The molecule has 2 aliphatic carbocycles. The van der Waals surface area contributed by atoms with Crippen LogP contribution in [0.1, 0.15) is 103 Å². The summed E-state index contributed by atoms with van der Waals surface area (Å²) in [6, 6.07) is 35.9. The van der Waals surface area contributed by atoms with Crippen molar-refractivity contribution in [1.82, 2.24) is 19.5 Å². The molecule has 0 amide bonds. The van der Waals surface area contributed by atoms with Crippen LogP contribution in [0.3, 0.4) is 0 Å². The van der Waals surface area contributed by atoms with Gasteiger partial charge in [0.2, 0.25) is 0 Å². The van der Waals surface area contributed by atoms with Crippen LogP contribution in [0.15, 0.2) is 114 Å². The molecule has 8 heteroatoms. The second kappa shape index (κ2) is 18.0. The number of hydrogen-bond acceptors (Lipinski definition) is 4. The molecule has 331 valence electrons. The van der Waals surface area contributed by atoms with Gasteiger partial charge >= 0.3 is 0 Å². The second-order valence-electron chi connectivity index (χ2n) is 18.2. The monoisotopic (exact) mass is 1060 g/mol. The Morgan fingerprint density at radius 2 is 1.40 bits per heavy atom. The van der Waals surface area contributed by atoms with E-state index in [0.29, 0.717) is 66.9 Å². The molecule has 0 aliphatic heterocycles. The molecule has 0 bridgehead atoms. The van der Waals surface area contributed by atoms with Crippen molar-refractivity contribution in [3.8, 4) is 39.6 Å². The van der Waals surface area contributed by atoms with Crippen molar-refractivity contribution in [2.45, 2.75) is 104 Å². The minimum absolute atomic E-state index is 0. The van der Waals surface area contributed by atoms with Gasteiger partial charge in [-0.25, -0.2) is 0 Å². The Balaban J connectivity index is 0.000000310. The van der Waals surface area contributed by atoms with Gasteiger partial charge in [0.25, 0.3) is 0 Å². The van der Waals surface area contributed by atoms with Crippen molar-refractivity contribution in [2.24, 2.45) is 0 Å². The van der Waals surface area contributed by atoms with Gasteiger partial charge in [-0.05, 0) is 131 Å². The van der Waals surface area contributed by atoms with E-state index in [-0.39, 0.29) is 68.1 Å². The summed E-state index contributed by atoms with van der Waals surface area (Å²) in [5.74, 6) is 0.893. The Kier molecular flexibility index (Phi) is 9.90. The van der Waals surface area contributed by atoms with Crippen molar-refractivity contribution in [3.05, 3.63) is 161 Å². The van der Waals surface area contributed by atoms with Gasteiger partial charge in [-0.1, -0.05) is 101 Å². The number of halogens is 1. The van der Waals surface area contributed by atoms with E-state index in [1.165, 1.54) is 17.3 Å². The predicted molar refractivity (Wildman–Crippen MR) is 264 cm³/mol. The fraction of sp³-hybridized carbons (Fsp3) is 0.281. The van der Waals surface area contributed by atoms with Crippen LogP contribution in [0.5, 0.6) is 0 Å². The number of rotatable bonds is 7. The van der Waals surface area contributed by atoms with Crippen LogP contribution in [0.2, 0.25) is 19.6 Å². The maximum absolute atomic E-state index is 12.8. The molecule has 0 saturated heterocycles. The van der Waals surface area contributed by atoms with Crippen molar-refractivity contribution >= 4 is 46.2 Å². The number of hydrogen-bond donors (Lipinski definition) is 0. The maximum atomic E-state index is 12.8. The van der Waals surface area contributed by atoms with E-state index in [1.807, 2.05) is 36.7 Å². The molecule has 0 N–H and O–H groups in total. The minimum Gasteiger partial charge on any atom is -0.500 e. The van der Waals surface area contributed by atoms with Gasteiger partial charge in [0.15, 0.2) is 0 Å². The average Bonchev–Trinajstić information content (AvgIpc) is 3.96. The normalized spacial score (nSPS) is 18.5. The largest absolute Gasteiger partial charge is 0.500 e. The third-order valence-corrected chi connectivity index (χ3v) is 14.2. The van der Waals surface area contributed by atoms with Gasteiger partial charge in [0.05, 0.1) is 36.3 Å². The molecule has 0 fully saturated rings. The first-order chi connectivity index (χ1) is 33.9. The summed E-state index contributed by atoms with van der Waals surface area (Å²) >= 11 is 0. The fourth-order valence-electron chi connectivity index (χ4n) is 8.74. The number of furan rings is 1. The Hall–Kier alpha value is -5.53. The molecule has 0 unspecified atom stereocenters. The van der Waals surface area contributed by atoms with Gasteiger partial charge in [0.1, 0.15) is 5.58 Å². The van der Waals surface area contributed by atoms with Gasteiger partial charge in [-0.3, -0.25) is 19.3 Å². The van der Waals surface area contributed by atoms with Crippen molar-refractivity contribution < 1.29 is 39.9 Å². The standard InChI is InChI=1S/C44H41N2O.C13H14FN2Si.Ir/c1-26(2)37-22-32(28-12-6-5-7-13-28)23-38(27(3)4)41(37)46-40-25-31-15-9-8-14-30(31)24-39(40)45-44(46)36-19-11-18-34-35-21-20-29-16-10-17-33(29)42(35)47-43(34)36;1-17(2,3)12-8-15-13(16-9-12)10-4-6-11(14)7-5-10;/h5-7,11-13,18,20-27H,8-10,14-17H2,1-4H3;4,6-9H,1-3H3;/q2*-1;/i14D2,15D2,16D2,17D2;;. The first-order valence-corrected chi connectivity index (χ1v) is 25.6. The van der Waals surface area contributed by atoms with Crippen molar-refractivity contribution in [2.75, 3.05) is 0 Å². The van der Waals surface area contributed by atoms with E-state index >= 15 is 0 Å². The molecule has 3 heterocycles. The molecule has 0 saturated carbocycles. The Bertz CT molecular complexity index is 3540. The first kappa shape index (κ1) is 35.7. The van der Waals surface area contributed by atoms with Crippen LogP contribution < -0.4 is 5.19 Å². The number of aryl methyl sites for hydroxylation is 4. The van der Waals surface area contributed by atoms with E-state index in [0.717, 1.165) is 27.9 Å². The van der Waals surface area contributed by atoms with Crippen LogP contribution in [0.4, 0.5) is 4.39 Å². The Labute approximate surface area is 408 Å². The van der Waals surface area contributed by atoms with E-state index in [1.54, 1.807) is 36.4 Å². The van der Waals surface area contributed by atoms with Crippen LogP contribution in [0, 0.1) is 17.9 Å². The summed E-state index contributed by atoms with van der Waals surface area (Å²) in [5.41, 5.74) is 9.46. The van der Waals surface area contributed by atoms with Crippen LogP contribution in [0.25, 0.3) is 72.6 Å². The quantitative estimate of drug-likeness (QED) is 0.118. The number of nitrogens with zero attached hydrogens (tertiary/aromatic N) is 4. The summed E-state index contributed by atoms with van der Waals surface area (Å²) in [6.07, 6.45) is -3.74. The Morgan fingerprint density at radius 1 is 0.723 bits per heavy atom. The number of imidazole rings is 1. The molecular weight excluding hydrogens is 996 g/mol. The molecule has 65 heavy (non-hydrogen) atoms. The second-order valence-corrected chi connectivity index (χ2v) is 23.3. The van der Waals surface area contributed by atoms with Gasteiger partial charge in [-0.15, -0.1) is 48.0 Å². The molecule has 11 rings (SSSR count). The topological polar surface area (TPSA) is 56.7 Å². The van der Waals surface area contributed by atoms with Crippen molar-refractivity contribution in [3.63, 3.8) is 0 Å². The molecule has 3 aromatic heterocycles. The summed E-state index contributed by atoms with van der Waals surface area (Å²) in [5, 5.41) is 2.60. The summed E-state index contributed by atoms with van der Waals surface area (Å²) in [4.78, 5) is 13.9. The zero-order chi connectivity index (χ0) is 51.4.